The number of nitro groups is 1. The van der Waals surface area contributed by atoms with Gasteiger partial charge in [0.1, 0.15) is 0 Å². The Bertz CT molecular complexity index is 2060. The molecule has 0 aliphatic carbocycles. The highest BCUT2D eigenvalue weighted by Gasteiger charge is 2.30. The van der Waals surface area contributed by atoms with Crippen LogP contribution in [0.25, 0.3) is 39.3 Å². The summed E-state index contributed by atoms with van der Waals surface area (Å²) in [6, 6.07) is 28.9. The van der Waals surface area contributed by atoms with E-state index in [9.17, 15) is 23.3 Å². The standard InChI is InChI=1S/C36H30F3N7O2/c1-3-27-21-33(34(32(4-2)41-27)25-11-13-26(14-12-25)36(37,38)39)40-22-23-10-19-30(24-8-6-5-7-9-24)31(20-23)35-42-43-44-45(35)28-15-17-29(18-16-28)46(47)48/h5-21H,3-4,22H2,1-2H3,(H,40,41). The largest absolute Gasteiger partial charge is 0.416 e. The van der Waals surface area contributed by atoms with Gasteiger partial charge in [0.25, 0.3) is 5.69 Å². The highest BCUT2D eigenvalue weighted by molar-refractivity contribution is 5.83. The van der Waals surface area contributed by atoms with Crippen LogP contribution < -0.4 is 5.32 Å². The summed E-state index contributed by atoms with van der Waals surface area (Å²) in [5, 5.41) is 27.2. The summed E-state index contributed by atoms with van der Waals surface area (Å²) in [4.78, 5) is 15.6. The van der Waals surface area contributed by atoms with Gasteiger partial charge in [-0.2, -0.15) is 17.9 Å². The number of rotatable bonds is 10. The van der Waals surface area contributed by atoms with Gasteiger partial charge >= 0.3 is 6.18 Å². The van der Waals surface area contributed by atoms with Crippen molar-refractivity contribution in [1.29, 1.82) is 0 Å². The molecule has 12 heteroatoms. The van der Waals surface area contributed by atoms with Crippen LogP contribution in [0.5, 0.6) is 0 Å². The van der Waals surface area contributed by atoms with Gasteiger partial charge in [0.15, 0.2) is 5.82 Å². The molecule has 242 valence electrons. The van der Waals surface area contributed by atoms with Crippen LogP contribution in [-0.4, -0.2) is 30.1 Å². The monoisotopic (exact) mass is 649 g/mol. The first-order chi connectivity index (χ1) is 23.2. The topological polar surface area (TPSA) is 112 Å². The minimum atomic E-state index is -4.43. The summed E-state index contributed by atoms with van der Waals surface area (Å²) in [6.07, 6.45) is -3.14. The Hall–Kier alpha value is -5.91. The summed E-state index contributed by atoms with van der Waals surface area (Å²) < 4.78 is 41.5. The van der Waals surface area contributed by atoms with E-state index < -0.39 is 16.7 Å². The first-order valence-electron chi connectivity index (χ1n) is 15.3. The molecule has 0 fully saturated rings. The molecule has 0 saturated heterocycles. The van der Waals surface area contributed by atoms with Crippen LogP contribution in [0.2, 0.25) is 0 Å². The van der Waals surface area contributed by atoms with Gasteiger partial charge in [0.05, 0.1) is 21.9 Å². The molecule has 0 radical (unpaired) electrons. The second-order valence-corrected chi connectivity index (χ2v) is 11.1. The number of aryl methyl sites for hydroxylation is 2. The number of anilines is 1. The smallest absolute Gasteiger partial charge is 0.380 e. The Morgan fingerprint density at radius 1 is 0.833 bits per heavy atom. The first-order valence-corrected chi connectivity index (χ1v) is 15.3. The van der Waals surface area contributed by atoms with Crippen molar-refractivity contribution in [2.75, 3.05) is 5.32 Å². The second-order valence-electron chi connectivity index (χ2n) is 11.1. The first kappa shape index (κ1) is 32.0. The van der Waals surface area contributed by atoms with Gasteiger partial charge in [-0.05, 0) is 81.9 Å². The van der Waals surface area contributed by atoms with Gasteiger partial charge in [-0.3, -0.25) is 15.1 Å². The Kier molecular flexibility index (Phi) is 8.98. The van der Waals surface area contributed by atoms with Crippen molar-refractivity contribution in [1.82, 2.24) is 25.2 Å². The van der Waals surface area contributed by atoms with Gasteiger partial charge in [0.2, 0.25) is 0 Å². The molecule has 0 amide bonds. The van der Waals surface area contributed by atoms with Gasteiger partial charge in [-0.15, -0.1) is 5.10 Å². The zero-order chi connectivity index (χ0) is 33.8. The van der Waals surface area contributed by atoms with Crippen LogP contribution in [0.3, 0.4) is 0 Å². The Morgan fingerprint density at radius 3 is 2.21 bits per heavy atom. The normalized spacial score (nSPS) is 11.4. The number of halogens is 3. The number of pyridine rings is 1. The minimum absolute atomic E-state index is 0.0457. The fraction of sp³-hybridized carbons (Fsp3) is 0.167. The number of benzene rings is 4. The molecule has 0 bridgehead atoms. The van der Waals surface area contributed by atoms with Gasteiger partial charge in [0, 0.05) is 41.2 Å². The average Bonchev–Trinajstić information content (AvgIpc) is 3.60. The van der Waals surface area contributed by atoms with E-state index in [0.29, 0.717) is 36.5 Å². The van der Waals surface area contributed by atoms with Crippen LogP contribution >= 0.6 is 0 Å². The molecule has 0 spiro atoms. The SMILES string of the molecule is CCc1cc(NCc2ccc(-c3ccccc3)c(-c3nnnn3-c3ccc([N+](=O)[O-])cc3)c2)c(-c2ccc(C(F)(F)F)cc2)c(CC)n1. The fourth-order valence-electron chi connectivity index (χ4n) is 5.58. The Balaban J connectivity index is 1.40. The highest BCUT2D eigenvalue weighted by Crippen LogP contribution is 2.37. The highest BCUT2D eigenvalue weighted by atomic mass is 19.4. The van der Waals surface area contributed by atoms with Crippen molar-refractivity contribution in [2.24, 2.45) is 0 Å². The molecular formula is C36H30F3N7O2. The van der Waals surface area contributed by atoms with E-state index in [0.717, 1.165) is 57.0 Å². The molecule has 4 aromatic carbocycles. The summed E-state index contributed by atoms with van der Waals surface area (Å²) in [5.41, 5.74) is 7.09. The molecule has 9 nitrogen and oxygen atoms in total. The van der Waals surface area contributed by atoms with Crippen molar-refractivity contribution in [3.8, 4) is 39.3 Å². The summed E-state index contributed by atoms with van der Waals surface area (Å²) in [6.45, 7) is 4.36. The summed E-state index contributed by atoms with van der Waals surface area (Å²) >= 11 is 0. The zero-order valence-corrected chi connectivity index (χ0v) is 26.1. The van der Waals surface area contributed by atoms with Crippen molar-refractivity contribution in [3.63, 3.8) is 0 Å². The number of tetrazole rings is 1. The lowest BCUT2D eigenvalue weighted by Gasteiger charge is -2.19. The third-order valence-electron chi connectivity index (χ3n) is 8.01. The number of hydrogen-bond acceptors (Lipinski definition) is 7. The van der Waals surface area contributed by atoms with Crippen LogP contribution in [0, 0.1) is 10.1 Å². The van der Waals surface area contributed by atoms with Crippen molar-refractivity contribution in [3.05, 3.63) is 136 Å². The quantitative estimate of drug-likeness (QED) is 0.117. The Labute approximate surface area is 274 Å². The van der Waals surface area contributed by atoms with Crippen LogP contribution in [0.4, 0.5) is 24.5 Å². The van der Waals surface area contributed by atoms with E-state index in [-0.39, 0.29) is 5.69 Å². The summed E-state index contributed by atoms with van der Waals surface area (Å²) in [5.74, 6) is 0.445. The summed E-state index contributed by atoms with van der Waals surface area (Å²) in [7, 11) is 0. The lowest BCUT2D eigenvalue weighted by molar-refractivity contribution is -0.384. The lowest BCUT2D eigenvalue weighted by atomic mass is 9.96. The molecule has 48 heavy (non-hydrogen) atoms. The number of nitro benzene ring substituents is 1. The van der Waals surface area contributed by atoms with Crippen molar-refractivity contribution >= 4 is 11.4 Å². The maximum Gasteiger partial charge on any atom is 0.416 e. The van der Waals surface area contributed by atoms with E-state index in [1.807, 2.05) is 68.4 Å². The molecule has 0 atom stereocenters. The third-order valence-corrected chi connectivity index (χ3v) is 8.01. The van der Waals surface area contributed by atoms with E-state index in [2.05, 4.69) is 20.8 Å². The molecule has 6 rings (SSSR count). The fourth-order valence-corrected chi connectivity index (χ4v) is 5.58. The van der Waals surface area contributed by atoms with Crippen molar-refractivity contribution in [2.45, 2.75) is 39.4 Å². The molecule has 6 aromatic rings. The maximum atomic E-state index is 13.3. The van der Waals surface area contributed by atoms with E-state index in [1.165, 1.54) is 28.9 Å². The van der Waals surface area contributed by atoms with Gasteiger partial charge < -0.3 is 5.32 Å². The van der Waals surface area contributed by atoms with Crippen molar-refractivity contribution < 1.29 is 18.1 Å². The third kappa shape index (κ3) is 6.63. The second kappa shape index (κ2) is 13.4. The number of nitrogens with one attached hydrogen (secondary N) is 1. The average molecular weight is 650 g/mol. The van der Waals surface area contributed by atoms with E-state index >= 15 is 0 Å². The predicted octanol–water partition coefficient (Wildman–Crippen LogP) is 8.72. The number of nitrogens with zero attached hydrogens (tertiary/aromatic N) is 6. The van der Waals surface area contributed by atoms with E-state index in [4.69, 9.17) is 4.98 Å². The van der Waals surface area contributed by atoms with E-state index in [1.54, 1.807) is 12.1 Å². The van der Waals surface area contributed by atoms with Crippen LogP contribution in [-0.2, 0) is 25.6 Å². The lowest BCUT2D eigenvalue weighted by Crippen LogP contribution is -2.08. The molecule has 0 aliphatic rings. The zero-order valence-electron chi connectivity index (χ0n) is 26.1. The maximum absolute atomic E-state index is 13.3. The van der Waals surface area contributed by atoms with Crippen LogP contribution in [0.15, 0.2) is 103 Å². The molecule has 0 unspecified atom stereocenters. The molecule has 0 saturated carbocycles. The van der Waals surface area contributed by atoms with Gasteiger partial charge in [-0.25, -0.2) is 0 Å². The number of alkyl halides is 3. The molecule has 2 aromatic heterocycles. The Morgan fingerprint density at radius 2 is 1.56 bits per heavy atom. The van der Waals surface area contributed by atoms with Crippen LogP contribution in [0.1, 0.15) is 36.4 Å². The molecule has 1 N–H and O–H groups in total. The predicted molar refractivity (Wildman–Crippen MR) is 177 cm³/mol. The molecule has 2 heterocycles. The number of non-ortho nitro benzene ring substituents is 1. The number of aromatic nitrogens is 5. The molecule has 0 aliphatic heterocycles. The minimum Gasteiger partial charge on any atom is -0.380 e. The van der Waals surface area contributed by atoms with Gasteiger partial charge in [-0.1, -0.05) is 68.4 Å². The number of hydrogen-bond donors (Lipinski definition) is 1. The molecular weight excluding hydrogens is 619 g/mol.